The molecule has 0 bridgehead atoms. The van der Waals surface area contributed by atoms with E-state index in [1.165, 1.54) is 0 Å². The average Bonchev–Trinajstić information content (AvgIpc) is 2.88. The van der Waals surface area contributed by atoms with Crippen LogP contribution in [0.2, 0.25) is 5.02 Å². The number of anilines is 1. The minimum atomic E-state index is 0.0885. The Hall–Kier alpha value is -0.290. The molecule has 2 nitrogen and oxygen atoms in total. The van der Waals surface area contributed by atoms with Gasteiger partial charge in [-0.1, -0.05) is 18.5 Å². The summed E-state index contributed by atoms with van der Waals surface area (Å²) in [4.78, 5) is 11.7. The zero-order valence-electron chi connectivity index (χ0n) is 8.26. The van der Waals surface area contributed by atoms with Crippen LogP contribution in [0.25, 0.3) is 0 Å². The summed E-state index contributed by atoms with van der Waals surface area (Å²) in [6.45, 7) is 2.08. The monoisotopic (exact) mass is 335 g/mol. The summed E-state index contributed by atoms with van der Waals surface area (Å²) in [5.74, 6) is 0.790. The third-order valence-corrected chi connectivity index (χ3v) is 3.62. The van der Waals surface area contributed by atoms with Gasteiger partial charge in [-0.05, 0) is 53.1 Å². The molecule has 1 N–H and O–H groups in total. The summed E-state index contributed by atoms with van der Waals surface area (Å²) < 4.78 is 1.07. The molecule has 1 aromatic rings. The van der Waals surface area contributed by atoms with Crippen LogP contribution in [-0.2, 0) is 4.79 Å². The molecule has 80 valence electrons. The lowest BCUT2D eigenvalue weighted by Gasteiger charge is -2.06. The molecule has 0 saturated heterocycles. The lowest BCUT2D eigenvalue weighted by Crippen LogP contribution is -2.14. The van der Waals surface area contributed by atoms with E-state index in [-0.39, 0.29) is 11.8 Å². The van der Waals surface area contributed by atoms with Crippen LogP contribution in [0.1, 0.15) is 13.3 Å². The van der Waals surface area contributed by atoms with Gasteiger partial charge in [-0.2, -0.15) is 0 Å². The number of rotatable bonds is 2. The van der Waals surface area contributed by atoms with E-state index in [9.17, 15) is 4.79 Å². The van der Waals surface area contributed by atoms with Crippen LogP contribution in [0, 0.1) is 15.4 Å². The number of benzene rings is 1. The van der Waals surface area contributed by atoms with Crippen molar-refractivity contribution in [3.05, 3.63) is 26.8 Å². The molecule has 2 unspecified atom stereocenters. The quantitative estimate of drug-likeness (QED) is 0.823. The average molecular weight is 336 g/mol. The lowest BCUT2D eigenvalue weighted by atomic mass is 10.3. The number of hydrogen-bond donors (Lipinski definition) is 1. The predicted octanol–water partition coefficient (Wildman–Crippen LogP) is 3.54. The number of carbonyl (C=O) groups excluding carboxylic acids is 1. The molecule has 4 heteroatoms. The first kappa shape index (κ1) is 11.2. The molecule has 1 fully saturated rings. The minimum absolute atomic E-state index is 0.0885. The third-order valence-electron chi connectivity index (χ3n) is 2.64. The Kier molecular flexibility index (Phi) is 3.21. The molecule has 2 atom stereocenters. The van der Waals surface area contributed by atoms with E-state index in [2.05, 4.69) is 34.8 Å². The van der Waals surface area contributed by atoms with Crippen LogP contribution in [0.3, 0.4) is 0 Å². The van der Waals surface area contributed by atoms with Gasteiger partial charge < -0.3 is 5.32 Å². The highest BCUT2D eigenvalue weighted by Crippen LogP contribution is 2.39. The summed E-state index contributed by atoms with van der Waals surface area (Å²) >= 11 is 8.20. The third kappa shape index (κ3) is 2.64. The smallest absolute Gasteiger partial charge is 0.227 e. The van der Waals surface area contributed by atoms with E-state index in [1.807, 2.05) is 18.2 Å². The largest absolute Gasteiger partial charge is 0.325 e. The van der Waals surface area contributed by atoms with Gasteiger partial charge in [0.2, 0.25) is 5.91 Å². The van der Waals surface area contributed by atoms with Crippen LogP contribution in [0.15, 0.2) is 18.2 Å². The molecular weight excluding hydrogens is 324 g/mol. The molecule has 1 amide bonds. The van der Waals surface area contributed by atoms with Gasteiger partial charge in [-0.3, -0.25) is 4.79 Å². The van der Waals surface area contributed by atoms with Gasteiger partial charge in [-0.25, -0.2) is 0 Å². The highest BCUT2D eigenvalue weighted by Gasteiger charge is 2.39. The molecule has 1 aliphatic rings. The zero-order chi connectivity index (χ0) is 11.0. The van der Waals surface area contributed by atoms with Gasteiger partial charge in [0, 0.05) is 9.49 Å². The lowest BCUT2D eigenvalue weighted by molar-refractivity contribution is -0.117. The normalized spacial score (nSPS) is 23.7. The maximum absolute atomic E-state index is 11.7. The van der Waals surface area contributed by atoms with E-state index < -0.39 is 0 Å². The second-order valence-electron chi connectivity index (χ2n) is 3.93. The molecule has 0 aliphatic heterocycles. The van der Waals surface area contributed by atoms with Crippen molar-refractivity contribution in [3.63, 3.8) is 0 Å². The standard InChI is InChI=1S/C11H11ClINO/c1-6-4-8(6)11(15)14-10-3-2-7(13)5-9(10)12/h2-3,5-6,8H,4H2,1H3,(H,14,15). The van der Waals surface area contributed by atoms with Crippen LogP contribution in [-0.4, -0.2) is 5.91 Å². The minimum Gasteiger partial charge on any atom is -0.325 e. The van der Waals surface area contributed by atoms with E-state index in [0.29, 0.717) is 16.6 Å². The van der Waals surface area contributed by atoms with Crippen molar-refractivity contribution in [2.45, 2.75) is 13.3 Å². The second-order valence-corrected chi connectivity index (χ2v) is 5.59. The molecule has 1 saturated carbocycles. The van der Waals surface area contributed by atoms with E-state index in [0.717, 1.165) is 9.99 Å². The first-order valence-corrected chi connectivity index (χ1v) is 6.29. The van der Waals surface area contributed by atoms with Crippen molar-refractivity contribution in [1.29, 1.82) is 0 Å². The fourth-order valence-corrected chi connectivity index (χ4v) is 2.41. The molecule has 0 radical (unpaired) electrons. The fourth-order valence-electron chi connectivity index (χ4n) is 1.50. The number of hydrogen-bond acceptors (Lipinski definition) is 1. The number of halogens is 2. The SMILES string of the molecule is CC1CC1C(=O)Nc1ccc(I)cc1Cl. The molecule has 15 heavy (non-hydrogen) atoms. The maximum Gasteiger partial charge on any atom is 0.227 e. The maximum atomic E-state index is 11.7. The van der Waals surface area contributed by atoms with E-state index >= 15 is 0 Å². The van der Waals surface area contributed by atoms with Gasteiger partial charge in [0.1, 0.15) is 0 Å². The first-order chi connectivity index (χ1) is 7.08. The molecule has 0 aromatic heterocycles. The van der Waals surface area contributed by atoms with Crippen molar-refractivity contribution in [3.8, 4) is 0 Å². The highest BCUT2D eigenvalue weighted by atomic mass is 127. The van der Waals surface area contributed by atoms with Crippen molar-refractivity contribution in [2.75, 3.05) is 5.32 Å². The molecule has 1 aliphatic carbocycles. The van der Waals surface area contributed by atoms with Crippen molar-refractivity contribution < 1.29 is 4.79 Å². The summed E-state index contributed by atoms with van der Waals surface area (Å²) in [6.07, 6.45) is 0.994. The fraction of sp³-hybridized carbons (Fsp3) is 0.364. The number of nitrogens with one attached hydrogen (secondary N) is 1. The molecule has 2 rings (SSSR count). The van der Waals surface area contributed by atoms with Crippen molar-refractivity contribution >= 4 is 45.8 Å². The summed E-state index contributed by atoms with van der Waals surface area (Å²) in [5.41, 5.74) is 0.709. The Balaban J connectivity index is 2.07. The zero-order valence-corrected chi connectivity index (χ0v) is 11.2. The second kappa shape index (κ2) is 4.29. The highest BCUT2D eigenvalue weighted by molar-refractivity contribution is 14.1. The first-order valence-electron chi connectivity index (χ1n) is 4.84. The Bertz CT molecular complexity index is 408. The summed E-state index contributed by atoms with van der Waals surface area (Å²) in [7, 11) is 0. The molecule has 0 heterocycles. The van der Waals surface area contributed by atoms with Gasteiger partial charge in [0.25, 0.3) is 0 Å². The van der Waals surface area contributed by atoms with E-state index in [1.54, 1.807) is 0 Å². The van der Waals surface area contributed by atoms with Gasteiger partial charge >= 0.3 is 0 Å². The Morgan fingerprint density at radius 1 is 1.60 bits per heavy atom. The summed E-state index contributed by atoms with van der Waals surface area (Å²) in [5, 5.41) is 3.46. The van der Waals surface area contributed by atoms with Crippen LogP contribution < -0.4 is 5.32 Å². The van der Waals surface area contributed by atoms with Gasteiger partial charge in [0.05, 0.1) is 10.7 Å². The Labute approximate surface area is 108 Å². The van der Waals surface area contributed by atoms with Crippen LogP contribution in [0.5, 0.6) is 0 Å². The Morgan fingerprint density at radius 3 is 2.80 bits per heavy atom. The van der Waals surface area contributed by atoms with Crippen LogP contribution in [0.4, 0.5) is 5.69 Å². The molecular formula is C11H11ClINO. The number of carbonyl (C=O) groups is 1. The molecule has 1 aromatic carbocycles. The summed E-state index contributed by atoms with van der Waals surface area (Å²) in [6, 6.07) is 5.61. The molecule has 0 spiro atoms. The van der Waals surface area contributed by atoms with Crippen molar-refractivity contribution in [1.82, 2.24) is 0 Å². The van der Waals surface area contributed by atoms with Crippen molar-refractivity contribution in [2.24, 2.45) is 11.8 Å². The van der Waals surface area contributed by atoms with Gasteiger partial charge in [-0.15, -0.1) is 0 Å². The number of amides is 1. The van der Waals surface area contributed by atoms with Crippen LogP contribution >= 0.6 is 34.2 Å². The van der Waals surface area contributed by atoms with E-state index in [4.69, 9.17) is 11.6 Å². The van der Waals surface area contributed by atoms with Gasteiger partial charge in [0.15, 0.2) is 0 Å². The Morgan fingerprint density at radius 2 is 2.27 bits per heavy atom. The predicted molar refractivity (Wildman–Crippen MR) is 70.1 cm³/mol. The topological polar surface area (TPSA) is 29.1 Å².